The summed E-state index contributed by atoms with van der Waals surface area (Å²) in [6.45, 7) is 0.00219. The number of nitrogens with zero attached hydrogens (tertiary/aromatic N) is 3. The molecule has 2 aliphatic heterocycles. The number of rotatable bonds is 3. The first-order valence-corrected chi connectivity index (χ1v) is 8.34. The van der Waals surface area contributed by atoms with Gasteiger partial charge in [-0.1, -0.05) is 36.4 Å². The second-order valence-electron chi connectivity index (χ2n) is 6.08. The topological polar surface area (TPSA) is 52.6 Å². The summed E-state index contributed by atoms with van der Waals surface area (Å²) in [5.41, 5.74) is 4.33. The SMILES string of the molecule is FC(F)(F)C1=C2NC(c3ccccc3)=CC(=NCc3cccnc3)N2NC1. The largest absolute Gasteiger partial charge is 0.417 e. The van der Waals surface area contributed by atoms with Gasteiger partial charge in [-0.15, -0.1) is 0 Å². The van der Waals surface area contributed by atoms with E-state index >= 15 is 0 Å². The fourth-order valence-corrected chi connectivity index (χ4v) is 2.93. The van der Waals surface area contributed by atoms with E-state index in [-0.39, 0.29) is 12.4 Å². The minimum absolute atomic E-state index is 0.0335. The number of pyridine rings is 1. The molecule has 5 nitrogen and oxygen atoms in total. The van der Waals surface area contributed by atoms with Crippen LogP contribution in [0.3, 0.4) is 0 Å². The summed E-state index contributed by atoms with van der Waals surface area (Å²) < 4.78 is 40.2. The van der Waals surface area contributed by atoms with Crippen LogP contribution < -0.4 is 10.7 Å². The van der Waals surface area contributed by atoms with E-state index < -0.39 is 11.7 Å². The fraction of sp³-hybridized carbons (Fsp3) is 0.158. The number of aromatic nitrogens is 1. The number of fused-ring (bicyclic) bond motifs is 1. The van der Waals surface area contributed by atoms with Gasteiger partial charge in [0, 0.05) is 25.0 Å². The smallest absolute Gasteiger partial charge is 0.340 e. The highest BCUT2D eigenvalue weighted by Crippen LogP contribution is 2.34. The minimum Gasteiger partial charge on any atom is -0.340 e. The average molecular weight is 371 g/mol. The second-order valence-corrected chi connectivity index (χ2v) is 6.08. The molecule has 0 saturated carbocycles. The Balaban J connectivity index is 1.75. The van der Waals surface area contributed by atoms with Gasteiger partial charge in [-0.25, -0.2) is 10.4 Å². The number of amidine groups is 1. The van der Waals surface area contributed by atoms with Crippen molar-refractivity contribution in [2.24, 2.45) is 4.99 Å². The van der Waals surface area contributed by atoms with E-state index in [1.54, 1.807) is 24.5 Å². The minimum atomic E-state index is -4.43. The molecule has 138 valence electrons. The number of nitrogens with one attached hydrogen (secondary N) is 2. The zero-order valence-electron chi connectivity index (χ0n) is 14.2. The molecule has 0 atom stereocenters. The normalized spacial score (nSPS) is 18.4. The van der Waals surface area contributed by atoms with Crippen molar-refractivity contribution < 1.29 is 13.2 Å². The summed E-state index contributed by atoms with van der Waals surface area (Å²) in [6.07, 6.45) is 0.647. The van der Waals surface area contributed by atoms with Crippen LogP contribution in [0.2, 0.25) is 0 Å². The number of hydrogen-bond donors (Lipinski definition) is 2. The first-order valence-electron chi connectivity index (χ1n) is 8.34. The lowest BCUT2D eigenvalue weighted by atomic mass is 10.1. The number of benzene rings is 1. The van der Waals surface area contributed by atoms with Gasteiger partial charge in [-0.05, 0) is 17.2 Å². The number of halogens is 3. The van der Waals surface area contributed by atoms with Gasteiger partial charge in [0.05, 0.1) is 17.8 Å². The summed E-state index contributed by atoms with van der Waals surface area (Å²) in [4.78, 5) is 8.55. The monoisotopic (exact) mass is 371 g/mol. The first-order chi connectivity index (χ1) is 13.0. The molecule has 0 unspecified atom stereocenters. The van der Waals surface area contributed by atoms with Crippen molar-refractivity contribution in [3.8, 4) is 0 Å². The third kappa shape index (κ3) is 3.56. The molecular formula is C19H16F3N5. The summed E-state index contributed by atoms with van der Waals surface area (Å²) in [7, 11) is 0. The van der Waals surface area contributed by atoms with Gasteiger partial charge >= 0.3 is 6.18 Å². The molecule has 0 spiro atoms. The molecule has 2 N–H and O–H groups in total. The van der Waals surface area contributed by atoms with Gasteiger partial charge in [0.25, 0.3) is 0 Å². The van der Waals surface area contributed by atoms with E-state index in [9.17, 15) is 13.2 Å². The van der Waals surface area contributed by atoms with Crippen LogP contribution in [0.1, 0.15) is 11.1 Å². The Bertz CT molecular complexity index is 917. The number of hydrogen-bond acceptors (Lipinski definition) is 4. The van der Waals surface area contributed by atoms with Crippen molar-refractivity contribution in [1.82, 2.24) is 20.7 Å². The number of alkyl halides is 3. The third-order valence-electron chi connectivity index (χ3n) is 4.25. The van der Waals surface area contributed by atoms with E-state index in [1.165, 1.54) is 5.01 Å². The van der Waals surface area contributed by atoms with E-state index in [1.807, 2.05) is 36.4 Å². The van der Waals surface area contributed by atoms with Crippen LogP contribution in [-0.2, 0) is 6.54 Å². The highest BCUT2D eigenvalue weighted by molar-refractivity contribution is 6.02. The van der Waals surface area contributed by atoms with E-state index in [4.69, 9.17) is 0 Å². The molecule has 3 heterocycles. The van der Waals surface area contributed by atoms with Crippen LogP contribution in [0.25, 0.3) is 5.70 Å². The third-order valence-corrected chi connectivity index (χ3v) is 4.25. The van der Waals surface area contributed by atoms with Crippen LogP contribution in [0.4, 0.5) is 13.2 Å². The molecule has 8 heteroatoms. The standard InChI is InChI=1S/C19H16F3N5/c20-19(21,22)15-12-25-27-17(24-11-13-5-4-8-23-10-13)9-16(26-18(15)27)14-6-2-1-3-7-14/h1-10,25-26H,11-12H2. The number of aliphatic imine (C=N–C) groups is 1. The van der Waals surface area contributed by atoms with Crippen molar-refractivity contribution in [3.63, 3.8) is 0 Å². The Morgan fingerprint density at radius 2 is 1.93 bits per heavy atom. The predicted octanol–water partition coefficient (Wildman–Crippen LogP) is 3.22. The maximum absolute atomic E-state index is 13.4. The summed E-state index contributed by atoms with van der Waals surface area (Å²) in [6, 6.07) is 12.9. The van der Waals surface area contributed by atoms with Crippen molar-refractivity contribution in [2.45, 2.75) is 12.7 Å². The second kappa shape index (κ2) is 6.88. The molecule has 1 aromatic carbocycles. The Morgan fingerprint density at radius 3 is 2.63 bits per heavy atom. The molecule has 0 aliphatic carbocycles. The van der Waals surface area contributed by atoms with Gasteiger partial charge < -0.3 is 5.32 Å². The zero-order valence-corrected chi connectivity index (χ0v) is 14.2. The molecule has 4 rings (SSSR count). The highest BCUT2D eigenvalue weighted by atomic mass is 19.4. The van der Waals surface area contributed by atoms with Crippen molar-refractivity contribution in [3.05, 3.63) is 83.5 Å². The van der Waals surface area contributed by atoms with Gasteiger partial charge in [0.15, 0.2) is 0 Å². The molecule has 2 aliphatic rings. The van der Waals surface area contributed by atoms with E-state index in [0.717, 1.165) is 11.1 Å². The lowest BCUT2D eigenvalue weighted by molar-refractivity contribution is -0.0926. The summed E-state index contributed by atoms with van der Waals surface area (Å²) in [5.74, 6) is 0.375. The Labute approximate surface area is 153 Å². The molecule has 27 heavy (non-hydrogen) atoms. The molecular weight excluding hydrogens is 355 g/mol. The summed E-state index contributed by atoms with van der Waals surface area (Å²) in [5, 5.41) is 4.26. The van der Waals surface area contributed by atoms with Gasteiger partial charge in [-0.2, -0.15) is 13.2 Å². The van der Waals surface area contributed by atoms with Crippen molar-refractivity contribution in [2.75, 3.05) is 6.54 Å². The predicted molar refractivity (Wildman–Crippen MR) is 95.9 cm³/mol. The Hall–Kier alpha value is -3.13. The Morgan fingerprint density at radius 1 is 1.11 bits per heavy atom. The lowest BCUT2D eigenvalue weighted by Gasteiger charge is -2.29. The van der Waals surface area contributed by atoms with Gasteiger partial charge in [-0.3, -0.25) is 9.98 Å². The summed E-state index contributed by atoms with van der Waals surface area (Å²) >= 11 is 0. The van der Waals surface area contributed by atoms with Crippen molar-refractivity contribution >= 4 is 11.5 Å². The van der Waals surface area contributed by atoms with Crippen LogP contribution in [-0.4, -0.2) is 28.5 Å². The molecule has 1 aromatic heterocycles. The first kappa shape index (κ1) is 17.3. The average Bonchev–Trinajstić information content (AvgIpc) is 3.12. The lowest BCUT2D eigenvalue weighted by Crippen LogP contribution is -2.44. The van der Waals surface area contributed by atoms with Crippen molar-refractivity contribution in [1.29, 1.82) is 0 Å². The van der Waals surface area contributed by atoms with E-state index in [0.29, 0.717) is 18.1 Å². The quantitative estimate of drug-likeness (QED) is 0.870. The molecule has 0 radical (unpaired) electrons. The highest BCUT2D eigenvalue weighted by Gasteiger charge is 2.43. The van der Waals surface area contributed by atoms with Crippen LogP contribution in [0, 0.1) is 0 Å². The number of hydrazine groups is 1. The van der Waals surface area contributed by atoms with Gasteiger partial charge in [0.2, 0.25) is 0 Å². The van der Waals surface area contributed by atoms with E-state index in [2.05, 4.69) is 20.7 Å². The zero-order chi connectivity index (χ0) is 18.9. The fourth-order valence-electron chi connectivity index (χ4n) is 2.93. The Kier molecular flexibility index (Phi) is 4.41. The maximum Gasteiger partial charge on any atom is 0.417 e. The molecule has 0 saturated heterocycles. The van der Waals surface area contributed by atoms with Gasteiger partial charge in [0.1, 0.15) is 11.7 Å². The van der Waals surface area contributed by atoms with Crippen LogP contribution in [0.15, 0.2) is 77.3 Å². The maximum atomic E-state index is 13.4. The molecule has 0 fully saturated rings. The molecule has 0 amide bonds. The van der Waals surface area contributed by atoms with Crippen LogP contribution >= 0.6 is 0 Å². The molecule has 0 bridgehead atoms. The molecule has 2 aromatic rings. The van der Waals surface area contributed by atoms with Crippen LogP contribution in [0.5, 0.6) is 0 Å².